The van der Waals surface area contributed by atoms with Gasteiger partial charge >= 0.3 is 0 Å². The fraction of sp³-hybridized carbons (Fsp3) is 0.167. The first-order valence-corrected chi connectivity index (χ1v) is 9.05. The largest absolute Gasteiger partial charge is 0.411 e. The number of aromatic nitrogens is 2. The first-order chi connectivity index (χ1) is 12.1. The van der Waals surface area contributed by atoms with Crippen molar-refractivity contribution in [1.29, 1.82) is 0 Å². The van der Waals surface area contributed by atoms with E-state index in [4.69, 9.17) is 16.0 Å². The molecule has 0 bridgehead atoms. The molecule has 0 aliphatic carbocycles. The van der Waals surface area contributed by atoms with Crippen LogP contribution < -0.4 is 5.32 Å². The molecule has 1 heterocycles. The Labute approximate surface area is 154 Å². The Balaban J connectivity index is 1.54. The van der Waals surface area contributed by atoms with Gasteiger partial charge < -0.3 is 9.73 Å². The summed E-state index contributed by atoms with van der Waals surface area (Å²) in [5.74, 6) is 0.496. The van der Waals surface area contributed by atoms with E-state index in [1.54, 1.807) is 6.07 Å². The van der Waals surface area contributed by atoms with Crippen LogP contribution in [0.25, 0.3) is 11.5 Å². The van der Waals surface area contributed by atoms with Crippen molar-refractivity contribution >= 4 is 29.3 Å². The Morgan fingerprint density at radius 2 is 1.88 bits per heavy atom. The Bertz CT molecular complexity index is 854. The number of nitrogens with zero attached hydrogens (tertiary/aromatic N) is 2. The number of carbonyl (C=O) groups excluding carboxylic acids is 1. The maximum atomic E-state index is 12.1. The predicted molar refractivity (Wildman–Crippen MR) is 98.5 cm³/mol. The highest BCUT2D eigenvalue weighted by Gasteiger charge is 2.14. The smallest absolute Gasteiger partial charge is 0.277 e. The summed E-state index contributed by atoms with van der Waals surface area (Å²) in [6.07, 6.45) is 0. The van der Waals surface area contributed by atoms with Crippen LogP contribution in [0.3, 0.4) is 0 Å². The number of benzene rings is 2. The number of hydrogen-bond donors (Lipinski definition) is 1. The first kappa shape index (κ1) is 17.5. The van der Waals surface area contributed by atoms with E-state index in [0.29, 0.717) is 16.1 Å². The molecule has 2 aromatic carbocycles. The molecule has 25 heavy (non-hydrogen) atoms. The second-order valence-corrected chi connectivity index (χ2v) is 6.67. The molecule has 0 aliphatic heterocycles. The van der Waals surface area contributed by atoms with Crippen molar-refractivity contribution in [3.8, 4) is 11.5 Å². The molecule has 0 unspecified atom stereocenters. The van der Waals surface area contributed by atoms with Crippen molar-refractivity contribution in [2.24, 2.45) is 0 Å². The van der Waals surface area contributed by atoms with Crippen LogP contribution in [0.15, 0.2) is 64.2 Å². The molecule has 3 aromatic rings. The van der Waals surface area contributed by atoms with Gasteiger partial charge in [-0.2, -0.15) is 0 Å². The Morgan fingerprint density at radius 1 is 1.16 bits per heavy atom. The molecule has 128 valence electrons. The third-order valence-corrected chi connectivity index (χ3v) is 4.67. The summed E-state index contributed by atoms with van der Waals surface area (Å²) in [6.45, 7) is 1.89. The molecule has 0 aliphatic rings. The topological polar surface area (TPSA) is 68.0 Å². The fourth-order valence-corrected chi connectivity index (χ4v) is 3.15. The van der Waals surface area contributed by atoms with Gasteiger partial charge in [-0.1, -0.05) is 59.8 Å². The second kappa shape index (κ2) is 8.18. The van der Waals surface area contributed by atoms with E-state index in [0.717, 1.165) is 11.1 Å². The minimum Gasteiger partial charge on any atom is -0.411 e. The molecule has 1 amide bonds. The van der Waals surface area contributed by atoms with Gasteiger partial charge in [0.1, 0.15) is 0 Å². The fourth-order valence-electron chi connectivity index (χ4n) is 2.28. The molecule has 5 nitrogen and oxygen atoms in total. The Hall–Kier alpha value is -2.31. The summed E-state index contributed by atoms with van der Waals surface area (Å²) in [6, 6.07) is 16.8. The molecule has 1 atom stereocenters. The maximum Gasteiger partial charge on any atom is 0.277 e. The van der Waals surface area contributed by atoms with Crippen LogP contribution in [0.5, 0.6) is 0 Å². The lowest BCUT2D eigenvalue weighted by Crippen LogP contribution is -2.28. The Morgan fingerprint density at radius 3 is 2.64 bits per heavy atom. The van der Waals surface area contributed by atoms with Crippen molar-refractivity contribution in [1.82, 2.24) is 15.5 Å². The van der Waals surface area contributed by atoms with Crippen LogP contribution in [0.4, 0.5) is 0 Å². The number of thioether (sulfide) groups is 1. The quantitative estimate of drug-likeness (QED) is 0.650. The molecule has 0 fully saturated rings. The highest BCUT2D eigenvalue weighted by molar-refractivity contribution is 7.99. The van der Waals surface area contributed by atoms with E-state index in [9.17, 15) is 4.79 Å². The first-order valence-electron chi connectivity index (χ1n) is 7.69. The minimum atomic E-state index is -0.177. The Kier molecular flexibility index (Phi) is 5.73. The number of carbonyl (C=O) groups is 1. The monoisotopic (exact) mass is 373 g/mol. The van der Waals surface area contributed by atoms with Gasteiger partial charge in [0.05, 0.1) is 11.8 Å². The molecular formula is C18H16ClN3O2S. The summed E-state index contributed by atoms with van der Waals surface area (Å²) >= 11 is 7.35. The van der Waals surface area contributed by atoms with Crippen molar-refractivity contribution in [2.75, 3.05) is 5.75 Å². The number of halogens is 1. The van der Waals surface area contributed by atoms with Crippen LogP contribution in [-0.4, -0.2) is 21.9 Å². The van der Waals surface area contributed by atoms with E-state index >= 15 is 0 Å². The van der Waals surface area contributed by atoms with Gasteiger partial charge in [0.15, 0.2) is 0 Å². The van der Waals surface area contributed by atoms with Crippen LogP contribution in [-0.2, 0) is 4.79 Å². The summed E-state index contributed by atoms with van der Waals surface area (Å²) in [4.78, 5) is 12.1. The lowest BCUT2D eigenvalue weighted by Gasteiger charge is -2.15. The third-order valence-electron chi connectivity index (χ3n) is 3.50. The zero-order valence-electron chi connectivity index (χ0n) is 13.5. The lowest BCUT2D eigenvalue weighted by molar-refractivity contribution is -0.119. The normalized spacial score (nSPS) is 11.9. The maximum absolute atomic E-state index is 12.1. The van der Waals surface area contributed by atoms with Crippen LogP contribution in [0.2, 0.25) is 5.02 Å². The van der Waals surface area contributed by atoms with E-state index in [1.807, 2.05) is 55.5 Å². The van der Waals surface area contributed by atoms with Gasteiger partial charge in [-0.15, -0.1) is 10.2 Å². The second-order valence-electron chi connectivity index (χ2n) is 5.34. The third kappa shape index (κ3) is 4.61. The SMILES string of the molecule is C[C@@H](NC(=O)CSc1nnc(-c2ccccc2)o1)c1ccccc1Cl. The van der Waals surface area contributed by atoms with Crippen molar-refractivity contribution < 1.29 is 9.21 Å². The van der Waals surface area contributed by atoms with Crippen LogP contribution >= 0.6 is 23.4 Å². The number of rotatable bonds is 6. The van der Waals surface area contributed by atoms with Crippen molar-refractivity contribution in [3.63, 3.8) is 0 Å². The highest BCUT2D eigenvalue weighted by Crippen LogP contribution is 2.24. The molecular weight excluding hydrogens is 358 g/mol. The van der Waals surface area contributed by atoms with Crippen molar-refractivity contribution in [2.45, 2.75) is 18.2 Å². The summed E-state index contributed by atoms with van der Waals surface area (Å²) in [7, 11) is 0. The molecule has 0 spiro atoms. The minimum absolute atomic E-state index is 0.128. The average molecular weight is 374 g/mol. The van der Waals surface area contributed by atoms with Gasteiger partial charge in [-0.05, 0) is 30.7 Å². The molecule has 7 heteroatoms. The van der Waals surface area contributed by atoms with E-state index in [-0.39, 0.29) is 17.7 Å². The zero-order valence-corrected chi connectivity index (χ0v) is 15.1. The molecule has 1 aromatic heterocycles. The lowest BCUT2D eigenvalue weighted by atomic mass is 10.1. The zero-order chi connectivity index (χ0) is 17.6. The van der Waals surface area contributed by atoms with Gasteiger partial charge in [0.25, 0.3) is 5.22 Å². The van der Waals surface area contributed by atoms with E-state index in [1.165, 1.54) is 11.8 Å². The number of hydrogen-bond acceptors (Lipinski definition) is 5. The van der Waals surface area contributed by atoms with Gasteiger partial charge in [-0.25, -0.2) is 0 Å². The van der Waals surface area contributed by atoms with Gasteiger partial charge in [0.2, 0.25) is 11.8 Å². The van der Waals surface area contributed by atoms with Crippen molar-refractivity contribution in [3.05, 3.63) is 65.2 Å². The molecule has 0 radical (unpaired) electrons. The van der Waals surface area contributed by atoms with Crippen LogP contribution in [0.1, 0.15) is 18.5 Å². The van der Waals surface area contributed by atoms with E-state index < -0.39 is 0 Å². The summed E-state index contributed by atoms with van der Waals surface area (Å²) in [5, 5.41) is 11.9. The summed E-state index contributed by atoms with van der Waals surface area (Å²) in [5.41, 5.74) is 1.73. The predicted octanol–water partition coefficient (Wildman–Crippen LogP) is 4.36. The van der Waals surface area contributed by atoms with E-state index in [2.05, 4.69) is 15.5 Å². The highest BCUT2D eigenvalue weighted by atomic mass is 35.5. The van der Waals surface area contributed by atoms with Gasteiger partial charge in [0, 0.05) is 10.6 Å². The molecule has 3 rings (SSSR count). The molecule has 0 saturated heterocycles. The number of nitrogens with one attached hydrogen (secondary N) is 1. The molecule has 0 saturated carbocycles. The standard InChI is InChI=1S/C18H16ClN3O2S/c1-12(14-9-5-6-10-15(14)19)20-16(23)11-25-18-22-21-17(24-18)13-7-3-2-4-8-13/h2-10,12H,11H2,1H3,(H,20,23)/t12-/m1/s1. The summed E-state index contributed by atoms with van der Waals surface area (Å²) < 4.78 is 5.57. The van der Waals surface area contributed by atoms with Crippen LogP contribution in [0, 0.1) is 0 Å². The van der Waals surface area contributed by atoms with Gasteiger partial charge in [-0.3, -0.25) is 4.79 Å². The average Bonchev–Trinajstić information content (AvgIpc) is 3.10. The number of amides is 1. The molecule has 1 N–H and O–H groups in total.